The second-order valence-corrected chi connectivity index (χ2v) is 5.81. The molecule has 0 saturated heterocycles. The van der Waals surface area contributed by atoms with Gasteiger partial charge in [-0.25, -0.2) is 0 Å². The van der Waals surface area contributed by atoms with Gasteiger partial charge in [0.05, 0.1) is 19.2 Å². The maximum atomic E-state index is 8.55. The van der Waals surface area contributed by atoms with Crippen LogP contribution in [0.25, 0.3) is 5.69 Å². The van der Waals surface area contributed by atoms with Gasteiger partial charge < -0.3 is 10.1 Å². The molecule has 2 aromatic carbocycles. The fourth-order valence-electron chi connectivity index (χ4n) is 2.59. The number of nitrogens with zero attached hydrogens (tertiary/aromatic N) is 4. The van der Waals surface area contributed by atoms with Gasteiger partial charge in [0.15, 0.2) is 5.82 Å². The van der Waals surface area contributed by atoms with Gasteiger partial charge in [-0.15, -0.1) is 10.2 Å². The summed E-state index contributed by atoms with van der Waals surface area (Å²) in [5, 5.41) is 20.2. The van der Waals surface area contributed by atoms with Crippen molar-refractivity contribution >= 4 is 0 Å². The summed E-state index contributed by atoms with van der Waals surface area (Å²) in [5.74, 6) is 1.69. The Morgan fingerprint density at radius 3 is 2.81 bits per heavy atom. The number of hydrogen-bond acceptors (Lipinski definition) is 5. The molecule has 1 aromatic heterocycles. The smallest absolute Gasteiger partial charge is 0.151 e. The van der Waals surface area contributed by atoms with Gasteiger partial charge in [-0.05, 0) is 36.2 Å². The molecular weight excluding hydrogens is 326 g/mol. The van der Waals surface area contributed by atoms with E-state index in [0.717, 1.165) is 29.2 Å². The van der Waals surface area contributed by atoms with Crippen molar-refractivity contribution in [1.82, 2.24) is 20.1 Å². The molecule has 0 aliphatic carbocycles. The molecule has 0 unspecified atom stereocenters. The van der Waals surface area contributed by atoms with Crippen LogP contribution in [-0.4, -0.2) is 21.4 Å². The van der Waals surface area contributed by atoms with Gasteiger partial charge in [0.1, 0.15) is 12.1 Å². The largest absolute Gasteiger partial charge is 0.494 e. The molecule has 6 nitrogen and oxygen atoms in total. The second kappa shape index (κ2) is 9.35. The third kappa shape index (κ3) is 4.91. The number of aromatic nitrogens is 3. The Morgan fingerprint density at radius 1 is 1.08 bits per heavy atom. The topological polar surface area (TPSA) is 75.8 Å². The van der Waals surface area contributed by atoms with E-state index in [-0.39, 0.29) is 0 Å². The minimum atomic E-state index is 0.517. The molecule has 26 heavy (non-hydrogen) atoms. The predicted octanol–water partition coefficient (Wildman–Crippen LogP) is 3.24. The Balaban J connectivity index is 1.53. The summed E-state index contributed by atoms with van der Waals surface area (Å²) in [7, 11) is 0. The summed E-state index contributed by atoms with van der Waals surface area (Å²) in [6.45, 7) is 1.88. The molecule has 1 heterocycles. The van der Waals surface area contributed by atoms with Crippen LogP contribution in [0.3, 0.4) is 0 Å². The first-order valence-corrected chi connectivity index (χ1v) is 8.60. The van der Waals surface area contributed by atoms with Crippen molar-refractivity contribution < 1.29 is 4.74 Å². The Kier molecular flexibility index (Phi) is 6.35. The molecule has 3 aromatic rings. The number of ether oxygens (including phenoxy) is 1. The average molecular weight is 347 g/mol. The minimum absolute atomic E-state index is 0.517. The van der Waals surface area contributed by atoms with E-state index in [9.17, 15) is 0 Å². The molecule has 3 rings (SSSR count). The normalized spacial score (nSPS) is 10.4. The molecule has 0 amide bonds. The van der Waals surface area contributed by atoms with Crippen molar-refractivity contribution in [2.45, 2.75) is 25.9 Å². The first kappa shape index (κ1) is 17.6. The Morgan fingerprint density at radius 2 is 1.96 bits per heavy atom. The van der Waals surface area contributed by atoms with Crippen LogP contribution in [-0.2, 0) is 13.1 Å². The zero-order chi connectivity index (χ0) is 18.0. The van der Waals surface area contributed by atoms with E-state index in [4.69, 9.17) is 10.00 Å². The Bertz CT molecular complexity index is 854. The number of para-hydroxylation sites is 1. The molecule has 0 bridgehead atoms. The van der Waals surface area contributed by atoms with Crippen LogP contribution in [0.2, 0.25) is 0 Å². The minimum Gasteiger partial charge on any atom is -0.494 e. The van der Waals surface area contributed by atoms with Crippen LogP contribution in [0.1, 0.15) is 24.2 Å². The number of benzene rings is 2. The van der Waals surface area contributed by atoms with Crippen molar-refractivity contribution in [3.8, 4) is 17.5 Å². The fraction of sp³-hybridized carbons (Fsp3) is 0.250. The molecule has 0 radical (unpaired) electrons. The number of unbranched alkanes of at least 4 members (excludes halogenated alkanes) is 1. The van der Waals surface area contributed by atoms with Crippen LogP contribution in [0, 0.1) is 11.3 Å². The lowest BCUT2D eigenvalue weighted by Gasteiger charge is -2.09. The van der Waals surface area contributed by atoms with Crippen LogP contribution >= 0.6 is 0 Å². The van der Waals surface area contributed by atoms with E-state index in [0.29, 0.717) is 26.1 Å². The number of nitrogens with one attached hydrogen (secondary N) is 1. The molecule has 0 aliphatic heterocycles. The van der Waals surface area contributed by atoms with Crippen LogP contribution < -0.4 is 10.1 Å². The SMILES string of the molecule is N#CCCCOc1cccc(CNCc2nncn2-c2ccccc2)c1. The van der Waals surface area contributed by atoms with Gasteiger partial charge in [-0.1, -0.05) is 30.3 Å². The maximum absolute atomic E-state index is 8.55. The van der Waals surface area contributed by atoms with Crippen molar-refractivity contribution in [1.29, 1.82) is 5.26 Å². The number of nitriles is 1. The van der Waals surface area contributed by atoms with Crippen LogP contribution in [0.5, 0.6) is 5.75 Å². The lowest BCUT2D eigenvalue weighted by Crippen LogP contribution is -2.16. The first-order chi connectivity index (χ1) is 12.9. The van der Waals surface area contributed by atoms with Crippen molar-refractivity contribution in [2.24, 2.45) is 0 Å². The predicted molar refractivity (Wildman–Crippen MR) is 98.7 cm³/mol. The fourth-order valence-corrected chi connectivity index (χ4v) is 2.59. The highest BCUT2D eigenvalue weighted by Crippen LogP contribution is 2.14. The second-order valence-electron chi connectivity index (χ2n) is 5.81. The zero-order valence-electron chi connectivity index (χ0n) is 14.5. The number of hydrogen-bond donors (Lipinski definition) is 1. The highest BCUT2D eigenvalue weighted by Gasteiger charge is 2.06. The van der Waals surface area contributed by atoms with E-state index in [2.05, 4.69) is 27.6 Å². The van der Waals surface area contributed by atoms with Crippen molar-refractivity contribution in [3.63, 3.8) is 0 Å². The molecule has 0 saturated carbocycles. The van der Waals surface area contributed by atoms with Crippen LogP contribution in [0.4, 0.5) is 0 Å². The average Bonchev–Trinajstić information content (AvgIpc) is 3.15. The maximum Gasteiger partial charge on any atom is 0.151 e. The van der Waals surface area contributed by atoms with Gasteiger partial charge in [-0.2, -0.15) is 5.26 Å². The Labute approximate surface area is 153 Å². The lowest BCUT2D eigenvalue weighted by atomic mass is 10.2. The third-order valence-electron chi connectivity index (χ3n) is 3.87. The van der Waals surface area contributed by atoms with Gasteiger partial charge in [0.2, 0.25) is 0 Å². The molecule has 0 spiro atoms. The third-order valence-corrected chi connectivity index (χ3v) is 3.87. The van der Waals surface area contributed by atoms with Gasteiger partial charge in [-0.3, -0.25) is 4.57 Å². The summed E-state index contributed by atoms with van der Waals surface area (Å²) in [4.78, 5) is 0. The van der Waals surface area contributed by atoms with Gasteiger partial charge in [0.25, 0.3) is 0 Å². The highest BCUT2D eigenvalue weighted by molar-refractivity contribution is 5.32. The quantitative estimate of drug-likeness (QED) is 0.601. The molecule has 0 atom stereocenters. The molecular formula is C20H21N5O. The summed E-state index contributed by atoms with van der Waals surface area (Å²) in [6, 6.07) is 20.1. The summed E-state index contributed by atoms with van der Waals surface area (Å²) in [6.07, 6.45) is 2.99. The monoisotopic (exact) mass is 347 g/mol. The Hall–Kier alpha value is -3.17. The highest BCUT2D eigenvalue weighted by atomic mass is 16.5. The van der Waals surface area contributed by atoms with Gasteiger partial charge in [0, 0.05) is 18.7 Å². The molecule has 0 fully saturated rings. The summed E-state index contributed by atoms with van der Waals surface area (Å²) in [5.41, 5.74) is 2.18. The molecule has 132 valence electrons. The molecule has 0 aliphatic rings. The molecule has 1 N–H and O–H groups in total. The summed E-state index contributed by atoms with van der Waals surface area (Å²) >= 11 is 0. The first-order valence-electron chi connectivity index (χ1n) is 8.60. The van der Waals surface area contributed by atoms with E-state index in [1.807, 2.05) is 53.1 Å². The van der Waals surface area contributed by atoms with Gasteiger partial charge >= 0.3 is 0 Å². The van der Waals surface area contributed by atoms with Crippen molar-refractivity contribution in [2.75, 3.05) is 6.61 Å². The lowest BCUT2D eigenvalue weighted by molar-refractivity contribution is 0.312. The standard InChI is InChI=1S/C20H21N5O/c21-11-4-5-12-26-19-10-6-7-17(13-19)14-22-15-20-24-23-16-25(20)18-8-2-1-3-9-18/h1-3,6-10,13,16,22H,4-5,12,14-15H2. The van der Waals surface area contributed by atoms with E-state index >= 15 is 0 Å². The van der Waals surface area contributed by atoms with E-state index in [1.54, 1.807) is 6.33 Å². The molecule has 6 heteroatoms. The van der Waals surface area contributed by atoms with E-state index < -0.39 is 0 Å². The number of rotatable bonds is 9. The van der Waals surface area contributed by atoms with Crippen LogP contribution in [0.15, 0.2) is 60.9 Å². The zero-order valence-corrected chi connectivity index (χ0v) is 14.5. The van der Waals surface area contributed by atoms with E-state index in [1.165, 1.54) is 0 Å². The summed E-state index contributed by atoms with van der Waals surface area (Å²) < 4.78 is 7.65. The van der Waals surface area contributed by atoms with Crippen molar-refractivity contribution in [3.05, 3.63) is 72.3 Å².